The summed E-state index contributed by atoms with van der Waals surface area (Å²) >= 11 is 0. The molecule has 1 unspecified atom stereocenters. The van der Waals surface area contributed by atoms with E-state index >= 15 is 0 Å². The van der Waals surface area contributed by atoms with Crippen molar-refractivity contribution < 1.29 is 14.7 Å². The lowest BCUT2D eigenvalue weighted by atomic mass is 9.97. The number of carboxylic acid groups (broad SMARTS) is 1. The van der Waals surface area contributed by atoms with Crippen molar-refractivity contribution in [3.63, 3.8) is 0 Å². The van der Waals surface area contributed by atoms with E-state index in [4.69, 9.17) is 5.11 Å². The fourth-order valence-electron chi connectivity index (χ4n) is 1.77. The van der Waals surface area contributed by atoms with Gasteiger partial charge in [-0.3, -0.25) is 0 Å². The van der Waals surface area contributed by atoms with Crippen LogP contribution >= 0.6 is 0 Å². The molecular formula is C13H26N2O3. The molecule has 0 heterocycles. The maximum atomic E-state index is 11.6. The van der Waals surface area contributed by atoms with Crippen molar-refractivity contribution in [2.24, 2.45) is 0 Å². The Morgan fingerprint density at radius 2 is 1.78 bits per heavy atom. The summed E-state index contributed by atoms with van der Waals surface area (Å²) in [7, 11) is 0. The largest absolute Gasteiger partial charge is 0.480 e. The Labute approximate surface area is 109 Å². The summed E-state index contributed by atoms with van der Waals surface area (Å²) in [6.07, 6.45) is 5.46. The fourth-order valence-corrected chi connectivity index (χ4v) is 1.77. The highest BCUT2D eigenvalue weighted by Gasteiger charge is 2.33. The Hall–Kier alpha value is -1.26. The van der Waals surface area contributed by atoms with Crippen LogP contribution in [-0.2, 0) is 4.79 Å². The highest BCUT2D eigenvalue weighted by atomic mass is 16.4. The zero-order chi connectivity index (χ0) is 14.0. The number of carboxylic acids is 1. The van der Waals surface area contributed by atoms with Gasteiger partial charge in [-0.05, 0) is 19.8 Å². The number of unbranched alkanes of at least 4 members (excludes halogenated alkanes) is 3. The number of hydrogen-bond acceptors (Lipinski definition) is 2. The van der Waals surface area contributed by atoms with Gasteiger partial charge in [0.1, 0.15) is 5.54 Å². The molecule has 0 aromatic carbocycles. The second-order valence-electron chi connectivity index (χ2n) is 4.83. The van der Waals surface area contributed by atoms with Crippen LogP contribution in [0.3, 0.4) is 0 Å². The quantitative estimate of drug-likeness (QED) is 0.556. The fraction of sp³-hybridized carbons (Fsp3) is 0.846. The zero-order valence-electron chi connectivity index (χ0n) is 11.7. The molecule has 0 fully saturated rings. The maximum Gasteiger partial charge on any atom is 0.329 e. The molecule has 0 spiro atoms. The predicted molar refractivity (Wildman–Crippen MR) is 71.6 cm³/mol. The summed E-state index contributed by atoms with van der Waals surface area (Å²) in [5.41, 5.74) is -1.18. The number of nitrogens with one attached hydrogen (secondary N) is 2. The van der Waals surface area contributed by atoms with Crippen molar-refractivity contribution in [3.05, 3.63) is 0 Å². The molecule has 0 aliphatic carbocycles. The lowest BCUT2D eigenvalue weighted by molar-refractivity contribution is -0.144. The van der Waals surface area contributed by atoms with Crippen LogP contribution in [0.2, 0.25) is 0 Å². The first-order valence-corrected chi connectivity index (χ1v) is 6.75. The first-order valence-electron chi connectivity index (χ1n) is 6.75. The van der Waals surface area contributed by atoms with Gasteiger partial charge in [-0.2, -0.15) is 0 Å². The van der Waals surface area contributed by atoms with Crippen molar-refractivity contribution in [2.75, 3.05) is 6.54 Å². The van der Waals surface area contributed by atoms with E-state index in [0.29, 0.717) is 19.4 Å². The third-order valence-corrected chi connectivity index (χ3v) is 2.93. The lowest BCUT2D eigenvalue weighted by Crippen LogP contribution is -2.55. The highest BCUT2D eigenvalue weighted by molar-refractivity contribution is 5.85. The number of urea groups is 1. The molecule has 0 saturated carbocycles. The Morgan fingerprint density at radius 3 is 2.28 bits per heavy atom. The first-order chi connectivity index (χ1) is 8.46. The standard InChI is InChI=1S/C13H26N2O3/c1-4-6-7-8-10-14-12(18)15-13(3,9-5-2)11(16)17/h4-10H2,1-3H3,(H,16,17)(H2,14,15,18). The average molecular weight is 258 g/mol. The molecule has 5 heteroatoms. The number of carbonyl (C=O) groups is 2. The van der Waals surface area contributed by atoms with Gasteiger partial charge in [0.25, 0.3) is 0 Å². The van der Waals surface area contributed by atoms with Crippen LogP contribution in [0.4, 0.5) is 4.79 Å². The Bertz CT molecular complexity index is 269. The van der Waals surface area contributed by atoms with Crippen LogP contribution in [0, 0.1) is 0 Å². The zero-order valence-corrected chi connectivity index (χ0v) is 11.7. The van der Waals surface area contributed by atoms with Gasteiger partial charge in [0.05, 0.1) is 0 Å². The Kier molecular flexibility index (Phi) is 8.16. The normalized spacial score (nSPS) is 13.7. The van der Waals surface area contributed by atoms with Crippen LogP contribution < -0.4 is 10.6 Å². The number of rotatable bonds is 9. The molecule has 0 aromatic heterocycles. The van der Waals surface area contributed by atoms with Crippen LogP contribution in [0.1, 0.15) is 59.3 Å². The molecule has 0 aromatic rings. The highest BCUT2D eigenvalue weighted by Crippen LogP contribution is 2.12. The molecule has 0 bridgehead atoms. The van der Waals surface area contributed by atoms with Gasteiger partial charge in [-0.25, -0.2) is 9.59 Å². The molecule has 2 amide bonds. The van der Waals surface area contributed by atoms with E-state index in [0.717, 1.165) is 25.7 Å². The minimum atomic E-state index is -1.18. The SMILES string of the molecule is CCCCCCNC(=O)NC(C)(CCC)C(=O)O. The summed E-state index contributed by atoms with van der Waals surface area (Å²) in [6.45, 7) is 6.15. The summed E-state index contributed by atoms with van der Waals surface area (Å²) in [5.74, 6) is -0.995. The van der Waals surface area contributed by atoms with Crippen molar-refractivity contribution >= 4 is 12.0 Å². The number of aliphatic carboxylic acids is 1. The van der Waals surface area contributed by atoms with Crippen molar-refractivity contribution in [3.8, 4) is 0 Å². The molecule has 0 radical (unpaired) electrons. The Morgan fingerprint density at radius 1 is 1.11 bits per heavy atom. The van der Waals surface area contributed by atoms with E-state index < -0.39 is 17.5 Å². The minimum Gasteiger partial charge on any atom is -0.480 e. The Balaban J connectivity index is 4.00. The first kappa shape index (κ1) is 16.7. The minimum absolute atomic E-state index is 0.398. The van der Waals surface area contributed by atoms with Crippen LogP contribution in [-0.4, -0.2) is 29.2 Å². The second-order valence-corrected chi connectivity index (χ2v) is 4.83. The van der Waals surface area contributed by atoms with Gasteiger partial charge in [0, 0.05) is 6.54 Å². The topological polar surface area (TPSA) is 78.4 Å². The maximum absolute atomic E-state index is 11.6. The molecule has 3 N–H and O–H groups in total. The van der Waals surface area contributed by atoms with Crippen molar-refractivity contribution in [2.45, 2.75) is 64.8 Å². The molecule has 0 saturated heterocycles. The molecule has 5 nitrogen and oxygen atoms in total. The summed E-state index contributed by atoms with van der Waals surface area (Å²) < 4.78 is 0. The van der Waals surface area contributed by atoms with Gasteiger partial charge < -0.3 is 15.7 Å². The van der Waals surface area contributed by atoms with Crippen molar-refractivity contribution in [1.29, 1.82) is 0 Å². The van der Waals surface area contributed by atoms with E-state index in [1.807, 2.05) is 6.92 Å². The van der Waals surface area contributed by atoms with E-state index in [1.165, 1.54) is 6.92 Å². The molecule has 0 aliphatic rings. The molecule has 18 heavy (non-hydrogen) atoms. The molecule has 106 valence electrons. The molecule has 1 atom stereocenters. The van der Waals surface area contributed by atoms with E-state index in [1.54, 1.807) is 0 Å². The molecule has 0 aliphatic heterocycles. The number of carbonyl (C=O) groups excluding carboxylic acids is 1. The summed E-state index contributed by atoms with van der Waals surface area (Å²) in [6, 6.07) is -0.398. The monoisotopic (exact) mass is 258 g/mol. The van der Waals surface area contributed by atoms with E-state index in [9.17, 15) is 9.59 Å². The summed E-state index contributed by atoms with van der Waals surface area (Å²) in [4.78, 5) is 22.7. The van der Waals surface area contributed by atoms with Crippen molar-refractivity contribution in [1.82, 2.24) is 10.6 Å². The van der Waals surface area contributed by atoms with Gasteiger partial charge in [-0.1, -0.05) is 39.5 Å². The van der Waals surface area contributed by atoms with Crippen LogP contribution in [0.15, 0.2) is 0 Å². The van der Waals surface area contributed by atoms with Crippen LogP contribution in [0.25, 0.3) is 0 Å². The average Bonchev–Trinajstić information content (AvgIpc) is 2.28. The summed E-state index contributed by atoms with van der Waals surface area (Å²) in [5, 5.41) is 14.3. The van der Waals surface area contributed by atoms with Crippen LogP contribution in [0.5, 0.6) is 0 Å². The molecular weight excluding hydrogens is 232 g/mol. The van der Waals surface area contributed by atoms with Gasteiger partial charge in [-0.15, -0.1) is 0 Å². The van der Waals surface area contributed by atoms with Gasteiger partial charge >= 0.3 is 12.0 Å². The second kappa shape index (κ2) is 8.78. The number of amides is 2. The van der Waals surface area contributed by atoms with E-state index in [2.05, 4.69) is 17.6 Å². The van der Waals surface area contributed by atoms with Gasteiger partial charge in [0.2, 0.25) is 0 Å². The number of hydrogen-bond donors (Lipinski definition) is 3. The van der Waals surface area contributed by atoms with Gasteiger partial charge in [0.15, 0.2) is 0 Å². The third kappa shape index (κ3) is 6.47. The third-order valence-electron chi connectivity index (χ3n) is 2.93. The predicted octanol–water partition coefficient (Wildman–Crippen LogP) is 2.51. The van der Waals surface area contributed by atoms with E-state index in [-0.39, 0.29) is 0 Å². The molecule has 0 rings (SSSR count). The smallest absolute Gasteiger partial charge is 0.329 e. The lowest BCUT2D eigenvalue weighted by Gasteiger charge is -2.25.